The number of ether oxygens (including phenoxy) is 1. The number of amides is 1. The zero-order valence-corrected chi connectivity index (χ0v) is 27.4. The van der Waals surface area contributed by atoms with Crippen molar-refractivity contribution in [1.82, 2.24) is 10.1 Å². The Balaban J connectivity index is 2.22. The molecule has 0 spiro atoms. The number of unbranched alkanes of at least 4 members (excludes halogenated alkanes) is 3. The van der Waals surface area contributed by atoms with Gasteiger partial charge < -0.3 is 0 Å². The molecule has 1 aliphatic rings. The molecule has 7 heteroatoms. The standard InChI is InChI=1S/C19H22FN2O3.3C4H9.Sn/c1-19(2,3)24-18(23)22-11-5-4-6-16(22)17-12-15(21-25-17)13-7-9-14(20)10-8-13;3*1-3-4-2;/h7-10,16H,4-6,11H2,1-3H3;3*1,3-4H2,2H3;. The number of nitrogens with zero attached hydrogens (tertiary/aromatic N) is 2. The Kier molecular flexibility index (Phi) is 11.6. The molecule has 38 heavy (non-hydrogen) atoms. The number of benzene rings is 1. The molecule has 0 saturated carbocycles. The van der Waals surface area contributed by atoms with Crippen molar-refractivity contribution >= 4 is 28.0 Å². The average Bonchev–Trinajstić information content (AvgIpc) is 3.33. The third kappa shape index (κ3) is 7.76. The Labute approximate surface area is 233 Å². The topological polar surface area (TPSA) is 55.6 Å². The van der Waals surface area contributed by atoms with E-state index in [-0.39, 0.29) is 18.0 Å². The van der Waals surface area contributed by atoms with Crippen molar-refractivity contribution in [2.24, 2.45) is 0 Å². The fourth-order valence-corrected chi connectivity index (χ4v) is 23.1. The summed E-state index contributed by atoms with van der Waals surface area (Å²) in [5, 5.41) is 4.73. The minimum atomic E-state index is -3.10. The van der Waals surface area contributed by atoms with Gasteiger partial charge >= 0.3 is 234 Å². The van der Waals surface area contributed by atoms with Gasteiger partial charge in [-0.1, -0.05) is 0 Å². The number of hydrogen-bond acceptors (Lipinski definition) is 4. The second kappa shape index (κ2) is 14.2. The predicted molar refractivity (Wildman–Crippen MR) is 156 cm³/mol. The normalized spacial score (nSPS) is 16.6. The van der Waals surface area contributed by atoms with Gasteiger partial charge in [0.15, 0.2) is 0 Å². The van der Waals surface area contributed by atoms with E-state index >= 15 is 0 Å². The van der Waals surface area contributed by atoms with E-state index in [2.05, 4.69) is 20.8 Å². The molecule has 3 rings (SSSR count). The van der Waals surface area contributed by atoms with Crippen molar-refractivity contribution in [2.45, 2.75) is 124 Å². The first-order valence-corrected chi connectivity index (χ1v) is 22.4. The van der Waals surface area contributed by atoms with E-state index in [0.717, 1.165) is 55.5 Å². The molecule has 1 aliphatic heterocycles. The van der Waals surface area contributed by atoms with Crippen molar-refractivity contribution in [3.63, 3.8) is 0 Å². The Bertz CT molecular complexity index is 993. The van der Waals surface area contributed by atoms with Crippen LogP contribution in [0.15, 0.2) is 28.8 Å². The van der Waals surface area contributed by atoms with Crippen LogP contribution in [-0.4, -0.2) is 46.7 Å². The number of hydrogen-bond donors (Lipinski definition) is 0. The molecule has 2 aromatic rings. The van der Waals surface area contributed by atoms with Gasteiger partial charge in [0.2, 0.25) is 0 Å². The zero-order valence-electron chi connectivity index (χ0n) is 24.6. The van der Waals surface area contributed by atoms with Crippen LogP contribution >= 0.6 is 0 Å². The van der Waals surface area contributed by atoms with Gasteiger partial charge in [0, 0.05) is 0 Å². The van der Waals surface area contributed by atoms with E-state index in [1.165, 1.54) is 48.3 Å². The second-order valence-electron chi connectivity index (χ2n) is 12.1. The second-order valence-corrected chi connectivity index (χ2v) is 25.1. The maximum atomic E-state index is 13.9. The fraction of sp³-hybridized carbons (Fsp3) is 0.677. The summed E-state index contributed by atoms with van der Waals surface area (Å²) in [6.45, 7) is 13.2. The quantitative estimate of drug-likeness (QED) is 0.219. The van der Waals surface area contributed by atoms with E-state index in [0.29, 0.717) is 6.54 Å². The van der Waals surface area contributed by atoms with Crippen LogP contribution < -0.4 is 3.58 Å². The molecule has 0 N–H and O–H groups in total. The SMILES string of the molecule is CCC[CH2][Sn]([CH2]CCC)([CH2]CCC)[c]1c(-c2ccc(F)cc2)noc1C1CCCCN1C(=O)OC(C)(C)C. The summed E-state index contributed by atoms with van der Waals surface area (Å²) in [6, 6.07) is 6.54. The molecule has 1 atom stereocenters. The molecule has 1 aromatic carbocycles. The van der Waals surface area contributed by atoms with Gasteiger partial charge in [0.1, 0.15) is 0 Å². The molecule has 212 valence electrons. The summed E-state index contributed by atoms with van der Waals surface area (Å²) in [4.78, 5) is 15.3. The zero-order chi connectivity index (χ0) is 27.8. The number of halogens is 1. The van der Waals surface area contributed by atoms with Crippen LogP contribution in [0.25, 0.3) is 11.3 Å². The molecule has 1 unspecified atom stereocenters. The summed E-state index contributed by atoms with van der Waals surface area (Å²) >= 11 is -3.10. The molecule has 1 saturated heterocycles. The van der Waals surface area contributed by atoms with Crippen LogP contribution in [0.3, 0.4) is 0 Å². The number of piperidine rings is 1. The molecule has 0 bridgehead atoms. The van der Waals surface area contributed by atoms with E-state index in [1.54, 1.807) is 0 Å². The van der Waals surface area contributed by atoms with Gasteiger partial charge in [-0.05, 0) is 0 Å². The van der Waals surface area contributed by atoms with Crippen molar-refractivity contribution in [3.05, 3.63) is 35.8 Å². The molecular formula is C31H49FN2O3Sn. The summed E-state index contributed by atoms with van der Waals surface area (Å²) in [7, 11) is 0. The number of aromatic nitrogens is 1. The van der Waals surface area contributed by atoms with E-state index in [9.17, 15) is 9.18 Å². The van der Waals surface area contributed by atoms with Gasteiger partial charge in [0.05, 0.1) is 0 Å². The number of carbonyl (C=O) groups excluding carboxylic acids is 1. The number of rotatable bonds is 12. The van der Waals surface area contributed by atoms with E-state index < -0.39 is 24.0 Å². The summed E-state index contributed by atoms with van der Waals surface area (Å²) in [6.07, 6.45) is 9.68. The first-order valence-electron chi connectivity index (χ1n) is 14.9. The minimum absolute atomic E-state index is 0.170. The van der Waals surface area contributed by atoms with Gasteiger partial charge in [-0.25, -0.2) is 0 Å². The predicted octanol–water partition coefficient (Wildman–Crippen LogP) is 9.00. The van der Waals surface area contributed by atoms with Crippen LogP contribution in [0.4, 0.5) is 9.18 Å². The Hall–Kier alpha value is -1.57. The van der Waals surface area contributed by atoms with Crippen LogP contribution in [0.1, 0.15) is 111 Å². The first kappa shape index (κ1) is 31.0. The van der Waals surface area contributed by atoms with E-state index in [4.69, 9.17) is 14.4 Å². The third-order valence-corrected chi connectivity index (χ3v) is 23.5. The van der Waals surface area contributed by atoms with Crippen LogP contribution in [0.5, 0.6) is 0 Å². The summed E-state index contributed by atoms with van der Waals surface area (Å²) < 4.78 is 31.2. The van der Waals surface area contributed by atoms with Crippen molar-refractivity contribution in [1.29, 1.82) is 0 Å². The average molecular weight is 635 g/mol. The molecule has 0 aliphatic carbocycles. The Morgan fingerprint density at radius 1 is 1.03 bits per heavy atom. The van der Waals surface area contributed by atoms with Crippen molar-refractivity contribution in [2.75, 3.05) is 6.54 Å². The van der Waals surface area contributed by atoms with Crippen molar-refractivity contribution in [3.8, 4) is 11.3 Å². The monoisotopic (exact) mass is 636 g/mol. The maximum absolute atomic E-state index is 13.9. The molecule has 5 nitrogen and oxygen atoms in total. The van der Waals surface area contributed by atoms with Gasteiger partial charge in [0.25, 0.3) is 0 Å². The molecular weight excluding hydrogens is 586 g/mol. The molecule has 1 aromatic heterocycles. The first-order chi connectivity index (χ1) is 18.2. The van der Waals surface area contributed by atoms with Gasteiger partial charge in [-0.15, -0.1) is 0 Å². The van der Waals surface area contributed by atoms with Gasteiger partial charge in [-0.2, -0.15) is 0 Å². The molecule has 1 fully saturated rings. The van der Waals surface area contributed by atoms with Crippen LogP contribution in [-0.2, 0) is 4.74 Å². The Morgan fingerprint density at radius 2 is 1.61 bits per heavy atom. The number of likely N-dealkylation sites (tertiary alicyclic amines) is 1. The van der Waals surface area contributed by atoms with Gasteiger partial charge in [-0.3, -0.25) is 0 Å². The van der Waals surface area contributed by atoms with Crippen LogP contribution in [0, 0.1) is 5.82 Å². The van der Waals surface area contributed by atoms with Crippen molar-refractivity contribution < 1.29 is 18.4 Å². The third-order valence-electron chi connectivity index (χ3n) is 7.83. The molecule has 1 amide bonds. The van der Waals surface area contributed by atoms with Crippen LogP contribution in [0.2, 0.25) is 13.3 Å². The number of carbonyl (C=O) groups is 1. The molecule has 0 radical (unpaired) electrons. The van der Waals surface area contributed by atoms with E-state index in [1.807, 2.05) is 37.8 Å². The summed E-state index contributed by atoms with van der Waals surface area (Å²) in [5.74, 6) is 0.647. The summed E-state index contributed by atoms with van der Waals surface area (Å²) in [5.41, 5.74) is 1.25. The fourth-order valence-electron chi connectivity index (χ4n) is 5.89. The molecule has 2 heterocycles. The Morgan fingerprint density at radius 3 is 2.13 bits per heavy atom.